The van der Waals surface area contributed by atoms with E-state index in [1.54, 1.807) is 18.2 Å². The third-order valence-electron chi connectivity index (χ3n) is 2.10. The number of hydrogen-bond donors (Lipinski definition) is 2. The van der Waals surface area contributed by atoms with Gasteiger partial charge in [-0.2, -0.15) is 0 Å². The van der Waals surface area contributed by atoms with Crippen LogP contribution in [0.15, 0.2) is 30.5 Å². The second-order valence-electron chi connectivity index (χ2n) is 3.36. The van der Waals surface area contributed by atoms with Gasteiger partial charge in [0, 0.05) is 11.1 Å². The predicted molar refractivity (Wildman–Crippen MR) is 69.1 cm³/mol. The molecule has 4 nitrogen and oxygen atoms in total. The molecule has 0 saturated heterocycles. The summed E-state index contributed by atoms with van der Waals surface area (Å²) in [4.78, 5) is 16.6. The van der Waals surface area contributed by atoms with Crippen molar-refractivity contribution in [2.75, 3.05) is 5.73 Å². The molecule has 2 aromatic rings. The molecule has 88 valence electrons. The maximum absolute atomic E-state index is 11.7. The summed E-state index contributed by atoms with van der Waals surface area (Å²) in [7, 11) is 0. The minimum atomic E-state index is -0.179. The van der Waals surface area contributed by atoms with Crippen molar-refractivity contribution < 1.29 is 4.79 Å². The van der Waals surface area contributed by atoms with Crippen molar-refractivity contribution in [1.29, 1.82) is 0 Å². The highest BCUT2D eigenvalue weighted by Gasteiger charge is 2.06. The molecule has 0 aliphatic carbocycles. The van der Waals surface area contributed by atoms with E-state index in [-0.39, 0.29) is 5.91 Å². The molecule has 0 saturated carbocycles. The molecule has 17 heavy (non-hydrogen) atoms. The minimum Gasteiger partial charge on any atom is -0.384 e. The van der Waals surface area contributed by atoms with Gasteiger partial charge in [-0.3, -0.25) is 4.79 Å². The molecular weight excluding hydrogens is 258 g/mol. The number of thiophene rings is 1. The number of anilines is 1. The van der Waals surface area contributed by atoms with Gasteiger partial charge in [0.05, 0.1) is 16.4 Å². The predicted octanol–water partition coefficient (Wildman–Crippen LogP) is 2.31. The number of hydrogen-bond acceptors (Lipinski definition) is 4. The van der Waals surface area contributed by atoms with E-state index in [1.165, 1.54) is 17.5 Å². The van der Waals surface area contributed by atoms with Gasteiger partial charge in [0.15, 0.2) is 0 Å². The van der Waals surface area contributed by atoms with E-state index in [4.69, 9.17) is 17.3 Å². The van der Waals surface area contributed by atoms with Crippen LogP contribution in [0, 0.1) is 0 Å². The molecule has 2 aromatic heterocycles. The molecule has 0 aliphatic rings. The Labute approximate surface area is 107 Å². The lowest BCUT2D eigenvalue weighted by Crippen LogP contribution is -2.22. The molecule has 3 N–H and O–H groups in total. The van der Waals surface area contributed by atoms with Gasteiger partial charge < -0.3 is 11.1 Å². The van der Waals surface area contributed by atoms with Crippen molar-refractivity contribution in [3.63, 3.8) is 0 Å². The van der Waals surface area contributed by atoms with Crippen molar-refractivity contribution >= 4 is 34.7 Å². The number of nitrogens with two attached hydrogens (primary N) is 1. The van der Waals surface area contributed by atoms with Gasteiger partial charge in [0.1, 0.15) is 5.82 Å². The van der Waals surface area contributed by atoms with Crippen LogP contribution in [0.3, 0.4) is 0 Å². The third-order valence-corrected chi connectivity index (χ3v) is 3.33. The normalized spacial score (nSPS) is 10.2. The number of rotatable bonds is 3. The first-order valence-electron chi connectivity index (χ1n) is 4.89. The van der Waals surface area contributed by atoms with Gasteiger partial charge in [-0.1, -0.05) is 11.6 Å². The number of nitrogen functional groups attached to an aromatic ring is 1. The van der Waals surface area contributed by atoms with Gasteiger partial charge in [-0.15, -0.1) is 11.3 Å². The van der Waals surface area contributed by atoms with Crippen LogP contribution in [0.2, 0.25) is 4.34 Å². The summed E-state index contributed by atoms with van der Waals surface area (Å²) < 4.78 is 0.711. The smallest absolute Gasteiger partial charge is 0.253 e. The Hall–Kier alpha value is -1.59. The molecule has 2 heterocycles. The van der Waals surface area contributed by atoms with Crippen molar-refractivity contribution in [3.8, 4) is 0 Å². The largest absolute Gasteiger partial charge is 0.384 e. The van der Waals surface area contributed by atoms with Gasteiger partial charge >= 0.3 is 0 Å². The average Bonchev–Trinajstić information content (AvgIpc) is 2.73. The summed E-state index contributed by atoms with van der Waals surface area (Å²) in [6.45, 7) is 0.459. The van der Waals surface area contributed by atoms with E-state index >= 15 is 0 Å². The fourth-order valence-electron chi connectivity index (χ4n) is 1.26. The summed E-state index contributed by atoms with van der Waals surface area (Å²) in [5, 5.41) is 2.78. The molecule has 0 radical (unpaired) electrons. The maximum Gasteiger partial charge on any atom is 0.253 e. The molecular formula is C11H10ClN3OS. The topological polar surface area (TPSA) is 68.0 Å². The van der Waals surface area contributed by atoms with Gasteiger partial charge in [0.2, 0.25) is 0 Å². The monoisotopic (exact) mass is 267 g/mol. The number of aromatic nitrogens is 1. The lowest BCUT2D eigenvalue weighted by Gasteiger charge is -2.03. The average molecular weight is 268 g/mol. The van der Waals surface area contributed by atoms with Gasteiger partial charge in [0.25, 0.3) is 5.91 Å². The summed E-state index contributed by atoms with van der Waals surface area (Å²) in [6.07, 6.45) is 1.45. The van der Waals surface area contributed by atoms with E-state index in [0.29, 0.717) is 22.3 Å². The molecule has 2 rings (SSSR count). The van der Waals surface area contributed by atoms with Gasteiger partial charge in [-0.05, 0) is 24.3 Å². The van der Waals surface area contributed by atoms with Crippen LogP contribution in [0.25, 0.3) is 0 Å². The summed E-state index contributed by atoms with van der Waals surface area (Å²) in [5.41, 5.74) is 5.93. The summed E-state index contributed by atoms with van der Waals surface area (Å²) in [6, 6.07) is 6.92. The molecule has 0 bridgehead atoms. The Morgan fingerprint density at radius 3 is 2.82 bits per heavy atom. The second-order valence-corrected chi connectivity index (χ2v) is 5.16. The van der Waals surface area contributed by atoms with Crippen molar-refractivity contribution in [2.45, 2.75) is 6.54 Å². The zero-order chi connectivity index (χ0) is 12.3. The van der Waals surface area contributed by atoms with Crippen molar-refractivity contribution in [1.82, 2.24) is 10.3 Å². The molecule has 0 spiro atoms. The Balaban J connectivity index is 1.95. The van der Waals surface area contributed by atoms with Crippen LogP contribution >= 0.6 is 22.9 Å². The lowest BCUT2D eigenvalue weighted by atomic mass is 10.2. The number of halogens is 1. The number of pyridine rings is 1. The SMILES string of the molecule is Nc1ccc(C(=O)NCc2ccc(Cl)s2)cn1. The summed E-state index contributed by atoms with van der Waals surface area (Å²) in [5.74, 6) is 0.216. The van der Waals surface area contributed by atoms with E-state index < -0.39 is 0 Å². The fourth-order valence-corrected chi connectivity index (χ4v) is 2.28. The molecule has 0 aliphatic heterocycles. The Morgan fingerprint density at radius 2 is 2.24 bits per heavy atom. The first kappa shape index (κ1) is 11.9. The Morgan fingerprint density at radius 1 is 1.41 bits per heavy atom. The van der Waals surface area contributed by atoms with Crippen LogP contribution in [0.5, 0.6) is 0 Å². The minimum absolute atomic E-state index is 0.179. The zero-order valence-electron chi connectivity index (χ0n) is 8.81. The number of nitrogens with zero attached hydrogens (tertiary/aromatic N) is 1. The van der Waals surface area contributed by atoms with E-state index in [0.717, 1.165) is 4.88 Å². The number of nitrogens with one attached hydrogen (secondary N) is 1. The number of carbonyl (C=O) groups excluding carboxylic acids is 1. The van der Waals surface area contributed by atoms with Crippen LogP contribution in [-0.2, 0) is 6.54 Å². The highest BCUT2D eigenvalue weighted by Crippen LogP contribution is 2.21. The first-order valence-corrected chi connectivity index (χ1v) is 6.08. The van der Waals surface area contributed by atoms with Crippen LogP contribution in [-0.4, -0.2) is 10.9 Å². The molecule has 0 unspecified atom stereocenters. The van der Waals surface area contributed by atoms with Crippen LogP contribution in [0.1, 0.15) is 15.2 Å². The summed E-state index contributed by atoms with van der Waals surface area (Å²) >= 11 is 7.23. The third kappa shape index (κ3) is 3.18. The quantitative estimate of drug-likeness (QED) is 0.897. The molecule has 0 aromatic carbocycles. The zero-order valence-corrected chi connectivity index (χ0v) is 10.4. The highest BCUT2D eigenvalue weighted by atomic mass is 35.5. The van der Waals surface area contributed by atoms with Crippen LogP contribution in [0.4, 0.5) is 5.82 Å². The highest BCUT2D eigenvalue weighted by molar-refractivity contribution is 7.16. The van der Waals surface area contributed by atoms with Gasteiger partial charge in [-0.25, -0.2) is 4.98 Å². The molecule has 0 fully saturated rings. The molecule has 6 heteroatoms. The maximum atomic E-state index is 11.7. The number of amides is 1. The Kier molecular flexibility index (Phi) is 3.61. The van der Waals surface area contributed by atoms with Crippen molar-refractivity contribution in [3.05, 3.63) is 45.2 Å². The fraction of sp³-hybridized carbons (Fsp3) is 0.0909. The molecule has 1 amide bonds. The first-order chi connectivity index (χ1) is 8.15. The second kappa shape index (κ2) is 5.16. The Bertz CT molecular complexity index is 524. The van der Waals surface area contributed by atoms with Crippen molar-refractivity contribution in [2.24, 2.45) is 0 Å². The molecule has 0 atom stereocenters. The lowest BCUT2D eigenvalue weighted by molar-refractivity contribution is 0.0951. The number of carbonyl (C=O) groups is 1. The van der Waals surface area contributed by atoms with E-state index in [2.05, 4.69) is 10.3 Å². The van der Waals surface area contributed by atoms with E-state index in [1.807, 2.05) is 6.07 Å². The van der Waals surface area contributed by atoms with Crippen LogP contribution < -0.4 is 11.1 Å². The standard InChI is InChI=1S/C11H10ClN3OS/c12-9-3-2-8(17-9)6-15-11(16)7-1-4-10(13)14-5-7/h1-5H,6H2,(H2,13,14)(H,15,16). The van der Waals surface area contributed by atoms with E-state index in [9.17, 15) is 4.79 Å².